The largest absolute Gasteiger partial charge is 0.393 e. The van der Waals surface area contributed by atoms with E-state index < -0.39 is 0 Å². The number of carbonyl (C=O) groups is 1. The van der Waals surface area contributed by atoms with Crippen molar-refractivity contribution < 1.29 is 9.90 Å². The van der Waals surface area contributed by atoms with E-state index >= 15 is 0 Å². The molecule has 2 amide bonds. The Bertz CT molecular complexity index is 479. The Kier molecular flexibility index (Phi) is 6.46. The second kappa shape index (κ2) is 8.34. The average Bonchev–Trinajstić information content (AvgIpc) is 2.50. The number of likely N-dealkylation sites (tertiary alicyclic amines) is 1. The standard InChI is InChI=1S/C19H30N2O2/c1-14-9-15(2)13-21(12-14)19(23)20-11-18(10-16(3)22)17-7-5-4-6-8-17/h4-8,14-16,18,22H,9-13H2,1-3H3,(H,20,23). The van der Waals surface area contributed by atoms with Gasteiger partial charge in [-0.2, -0.15) is 0 Å². The molecule has 0 bridgehead atoms. The van der Waals surface area contributed by atoms with E-state index in [0.29, 0.717) is 24.8 Å². The molecular formula is C19H30N2O2. The van der Waals surface area contributed by atoms with Crippen LogP contribution < -0.4 is 5.32 Å². The van der Waals surface area contributed by atoms with E-state index in [-0.39, 0.29) is 18.1 Å². The van der Waals surface area contributed by atoms with Crippen LogP contribution in [0.4, 0.5) is 4.79 Å². The van der Waals surface area contributed by atoms with Gasteiger partial charge >= 0.3 is 6.03 Å². The maximum absolute atomic E-state index is 12.5. The number of rotatable bonds is 5. The third-order valence-corrected chi connectivity index (χ3v) is 4.55. The number of aliphatic hydroxyl groups excluding tert-OH is 1. The van der Waals surface area contributed by atoms with Crippen LogP contribution in [0.5, 0.6) is 0 Å². The second-order valence-corrected chi connectivity index (χ2v) is 7.23. The summed E-state index contributed by atoms with van der Waals surface area (Å²) in [7, 11) is 0. The van der Waals surface area contributed by atoms with Crippen LogP contribution >= 0.6 is 0 Å². The van der Waals surface area contributed by atoms with Crippen molar-refractivity contribution in [2.24, 2.45) is 11.8 Å². The molecule has 128 valence electrons. The zero-order valence-corrected chi connectivity index (χ0v) is 14.5. The van der Waals surface area contributed by atoms with E-state index in [0.717, 1.165) is 18.7 Å². The molecule has 2 N–H and O–H groups in total. The van der Waals surface area contributed by atoms with Crippen LogP contribution in [-0.4, -0.2) is 41.8 Å². The third-order valence-electron chi connectivity index (χ3n) is 4.55. The lowest BCUT2D eigenvalue weighted by atomic mass is 9.92. The molecule has 1 aliphatic rings. The summed E-state index contributed by atoms with van der Waals surface area (Å²) in [5.74, 6) is 1.26. The molecule has 0 spiro atoms. The van der Waals surface area contributed by atoms with Crippen LogP contribution in [0.15, 0.2) is 30.3 Å². The topological polar surface area (TPSA) is 52.6 Å². The van der Waals surface area contributed by atoms with Gasteiger partial charge in [-0.3, -0.25) is 0 Å². The first kappa shape index (κ1) is 17.8. The second-order valence-electron chi connectivity index (χ2n) is 7.23. The first-order chi connectivity index (χ1) is 11.0. The highest BCUT2D eigenvalue weighted by atomic mass is 16.3. The Morgan fingerprint density at radius 3 is 2.43 bits per heavy atom. The number of piperidine rings is 1. The molecule has 23 heavy (non-hydrogen) atoms. The maximum atomic E-state index is 12.5. The van der Waals surface area contributed by atoms with Crippen molar-refractivity contribution in [3.63, 3.8) is 0 Å². The first-order valence-corrected chi connectivity index (χ1v) is 8.71. The molecule has 4 unspecified atom stereocenters. The molecule has 0 aliphatic carbocycles. The van der Waals surface area contributed by atoms with Crippen molar-refractivity contribution in [1.82, 2.24) is 10.2 Å². The van der Waals surface area contributed by atoms with E-state index in [9.17, 15) is 9.90 Å². The van der Waals surface area contributed by atoms with Crippen molar-refractivity contribution in [3.8, 4) is 0 Å². The van der Waals surface area contributed by atoms with Gasteiger partial charge in [-0.1, -0.05) is 44.2 Å². The zero-order chi connectivity index (χ0) is 16.8. The lowest BCUT2D eigenvalue weighted by Crippen LogP contribution is -2.48. The van der Waals surface area contributed by atoms with Gasteiger partial charge in [0.25, 0.3) is 0 Å². The number of benzene rings is 1. The average molecular weight is 318 g/mol. The van der Waals surface area contributed by atoms with Gasteiger partial charge in [0.1, 0.15) is 0 Å². The molecule has 1 saturated heterocycles. The van der Waals surface area contributed by atoms with Crippen LogP contribution in [0.25, 0.3) is 0 Å². The highest BCUT2D eigenvalue weighted by Crippen LogP contribution is 2.22. The van der Waals surface area contributed by atoms with Gasteiger partial charge in [-0.25, -0.2) is 4.79 Å². The fourth-order valence-corrected chi connectivity index (χ4v) is 3.63. The van der Waals surface area contributed by atoms with Crippen molar-refractivity contribution in [1.29, 1.82) is 0 Å². The van der Waals surface area contributed by atoms with Crippen LogP contribution in [0.1, 0.15) is 45.1 Å². The minimum atomic E-state index is -0.382. The van der Waals surface area contributed by atoms with E-state index in [1.165, 1.54) is 6.42 Å². The van der Waals surface area contributed by atoms with Crippen LogP contribution in [-0.2, 0) is 0 Å². The summed E-state index contributed by atoms with van der Waals surface area (Å²) in [5.41, 5.74) is 1.16. The van der Waals surface area contributed by atoms with Gasteiger partial charge in [0.2, 0.25) is 0 Å². The molecule has 0 saturated carbocycles. The van der Waals surface area contributed by atoms with Crippen molar-refractivity contribution in [2.75, 3.05) is 19.6 Å². The molecule has 1 heterocycles. The van der Waals surface area contributed by atoms with Crippen LogP contribution in [0.2, 0.25) is 0 Å². The Balaban J connectivity index is 1.94. The minimum absolute atomic E-state index is 0.0231. The molecule has 1 aromatic rings. The molecule has 1 fully saturated rings. The molecule has 0 aromatic heterocycles. The van der Waals surface area contributed by atoms with Crippen molar-refractivity contribution in [3.05, 3.63) is 35.9 Å². The fraction of sp³-hybridized carbons (Fsp3) is 0.632. The predicted molar refractivity (Wildman–Crippen MR) is 93.4 cm³/mol. The SMILES string of the molecule is CC(O)CC(CNC(=O)N1CC(C)CC(C)C1)c1ccccc1. The Morgan fingerprint density at radius 1 is 1.26 bits per heavy atom. The monoisotopic (exact) mass is 318 g/mol. The molecule has 1 aromatic carbocycles. The summed E-state index contributed by atoms with van der Waals surface area (Å²) < 4.78 is 0. The summed E-state index contributed by atoms with van der Waals surface area (Å²) in [6, 6.07) is 10.1. The highest BCUT2D eigenvalue weighted by molar-refractivity contribution is 5.74. The number of urea groups is 1. The zero-order valence-electron chi connectivity index (χ0n) is 14.5. The maximum Gasteiger partial charge on any atom is 0.317 e. The fourth-order valence-electron chi connectivity index (χ4n) is 3.63. The van der Waals surface area contributed by atoms with Crippen LogP contribution in [0, 0.1) is 11.8 Å². The smallest absolute Gasteiger partial charge is 0.317 e. The highest BCUT2D eigenvalue weighted by Gasteiger charge is 2.26. The summed E-state index contributed by atoms with van der Waals surface area (Å²) in [6.45, 7) is 8.44. The van der Waals surface area contributed by atoms with Gasteiger partial charge in [0, 0.05) is 25.6 Å². The number of hydrogen-bond acceptors (Lipinski definition) is 2. The normalized spacial score (nSPS) is 24.1. The number of amides is 2. The number of aliphatic hydroxyl groups is 1. The Labute approximate surface area is 139 Å². The predicted octanol–water partition coefficient (Wildman–Crippen LogP) is 3.23. The molecular weight excluding hydrogens is 288 g/mol. The lowest BCUT2D eigenvalue weighted by Gasteiger charge is -2.35. The van der Waals surface area contributed by atoms with E-state index in [1.807, 2.05) is 23.1 Å². The Morgan fingerprint density at radius 2 is 1.87 bits per heavy atom. The lowest BCUT2D eigenvalue weighted by molar-refractivity contribution is 0.143. The van der Waals surface area contributed by atoms with Crippen LogP contribution in [0.3, 0.4) is 0 Å². The van der Waals surface area contributed by atoms with Gasteiger partial charge in [0.05, 0.1) is 6.10 Å². The molecule has 0 radical (unpaired) electrons. The van der Waals surface area contributed by atoms with Crippen molar-refractivity contribution in [2.45, 2.75) is 45.6 Å². The number of nitrogens with one attached hydrogen (secondary N) is 1. The minimum Gasteiger partial charge on any atom is -0.393 e. The number of carbonyl (C=O) groups excluding carboxylic acids is 1. The molecule has 2 rings (SSSR count). The first-order valence-electron chi connectivity index (χ1n) is 8.71. The van der Waals surface area contributed by atoms with Gasteiger partial charge in [0.15, 0.2) is 0 Å². The van der Waals surface area contributed by atoms with E-state index in [1.54, 1.807) is 6.92 Å². The van der Waals surface area contributed by atoms with E-state index in [4.69, 9.17) is 0 Å². The molecule has 1 aliphatic heterocycles. The summed E-state index contributed by atoms with van der Waals surface area (Å²) in [6.07, 6.45) is 1.46. The number of nitrogens with zero attached hydrogens (tertiary/aromatic N) is 1. The molecule has 4 atom stereocenters. The van der Waals surface area contributed by atoms with Gasteiger partial charge in [-0.15, -0.1) is 0 Å². The quantitative estimate of drug-likeness (QED) is 0.876. The van der Waals surface area contributed by atoms with E-state index in [2.05, 4.69) is 31.3 Å². The van der Waals surface area contributed by atoms with Gasteiger partial charge in [-0.05, 0) is 37.2 Å². The van der Waals surface area contributed by atoms with Crippen molar-refractivity contribution >= 4 is 6.03 Å². The summed E-state index contributed by atoms with van der Waals surface area (Å²) >= 11 is 0. The summed E-state index contributed by atoms with van der Waals surface area (Å²) in [5, 5.41) is 12.8. The van der Waals surface area contributed by atoms with Gasteiger partial charge < -0.3 is 15.3 Å². The molecule has 4 heteroatoms. The summed E-state index contributed by atoms with van der Waals surface area (Å²) in [4.78, 5) is 14.4. The Hall–Kier alpha value is -1.55. The third kappa shape index (κ3) is 5.54. The number of hydrogen-bond donors (Lipinski definition) is 2. The molecule has 4 nitrogen and oxygen atoms in total.